The highest BCUT2D eigenvalue weighted by Gasteiger charge is 2.11. The van der Waals surface area contributed by atoms with Gasteiger partial charge < -0.3 is 0 Å². The Balaban J connectivity index is 0. The largest absolute Gasteiger partial charge is 0.100 e. The van der Waals surface area contributed by atoms with Gasteiger partial charge in [0, 0.05) is 0 Å². The molecule has 0 aromatic rings. The predicted molar refractivity (Wildman–Crippen MR) is 253 cm³/mol. The van der Waals surface area contributed by atoms with Gasteiger partial charge in [-0.25, -0.2) is 0 Å². The van der Waals surface area contributed by atoms with Gasteiger partial charge in [-0.2, -0.15) is 0 Å². The van der Waals surface area contributed by atoms with Crippen LogP contribution in [0, 0.1) is 35.5 Å². The maximum Gasteiger partial charge on any atom is -0.0320 e. The summed E-state index contributed by atoms with van der Waals surface area (Å²) in [5.74, 6) is 5.48. The molecule has 54 heavy (non-hydrogen) atoms. The summed E-state index contributed by atoms with van der Waals surface area (Å²) < 4.78 is 0. The molecular formula is C54H108. The van der Waals surface area contributed by atoms with Gasteiger partial charge in [-0.15, -0.1) is 6.58 Å². The number of hydrogen-bond donors (Lipinski definition) is 0. The average molecular weight is 757 g/mol. The van der Waals surface area contributed by atoms with E-state index in [2.05, 4.69) is 82.4 Å². The van der Waals surface area contributed by atoms with E-state index in [-0.39, 0.29) is 0 Å². The lowest BCUT2D eigenvalue weighted by molar-refractivity contribution is 0.358. The summed E-state index contributed by atoms with van der Waals surface area (Å²) >= 11 is 0. The molecule has 0 heteroatoms. The highest BCUT2D eigenvalue weighted by molar-refractivity contribution is 4.93. The maximum atomic E-state index is 4.39. The molecule has 0 radical (unpaired) electrons. The van der Waals surface area contributed by atoms with E-state index < -0.39 is 0 Å². The molecule has 0 aliphatic heterocycles. The van der Waals surface area contributed by atoms with Crippen LogP contribution in [0.5, 0.6) is 0 Å². The summed E-state index contributed by atoms with van der Waals surface area (Å²) in [6.45, 7) is 32.2. The van der Waals surface area contributed by atoms with Gasteiger partial charge in [0.05, 0.1) is 0 Å². The first kappa shape index (κ1) is 55.6. The van der Waals surface area contributed by atoms with Crippen molar-refractivity contribution in [3.63, 3.8) is 0 Å². The molecule has 0 aliphatic carbocycles. The smallest absolute Gasteiger partial charge is 0.0320 e. The number of rotatable bonds is 40. The quantitative estimate of drug-likeness (QED) is 0.0431. The van der Waals surface area contributed by atoms with Crippen LogP contribution in [-0.2, 0) is 0 Å². The van der Waals surface area contributed by atoms with Crippen LogP contribution in [0.15, 0.2) is 24.3 Å². The number of unbranched alkanes of at least 4 members (excludes halogenated alkanes) is 12. The van der Waals surface area contributed by atoms with Crippen molar-refractivity contribution < 1.29 is 0 Å². The maximum absolute atomic E-state index is 4.39. The topological polar surface area (TPSA) is 0 Å². The molecule has 0 amide bonds. The Bertz CT molecular complexity index is 760. The van der Waals surface area contributed by atoms with Crippen LogP contribution in [0.1, 0.15) is 288 Å². The number of allylic oxidation sites excluding steroid dienone is 2. The molecular weight excluding hydrogens is 649 g/mol. The van der Waals surface area contributed by atoms with Crippen molar-refractivity contribution in [3.05, 3.63) is 24.3 Å². The summed E-state index contributed by atoms with van der Waals surface area (Å²) in [5.41, 5.74) is 2.85. The summed E-state index contributed by atoms with van der Waals surface area (Å²) in [4.78, 5) is 0. The first-order valence-corrected chi connectivity index (χ1v) is 25.3. The monoisotopic (exact) mass is 757 g/mol. The molecule has 0 aliphatic rings. The van der Waals surface area contributed by atoms with Crippen molar-refractivity contribution in [1.29, 1.82) is 0 Å². The van der Waals surface area contributed by atoms with E-state index in [0.29, 0.717) is 0 Å². The van der Waals surface area contributed by atoms with Crippen LogP contribution in [0.3, 0.4) is 0 Å². The molecule has 0 saturated carbocycles. The first-order valence-electron chi connectivity index (χ1n) is 25.3. The Labute approximate surface area is 346 Å². The third kappa shape index (κ3) is 44.2. The number of hydrogen-bond acceptors (Lipinski definition) is 0. The lowest BCUT2D eigenvalue weighted by Gasteiger charge is -2.17. The van der Waals surface area contributed by atoms with E-state index in [1.807, 2.05) is 0 Å². The summed E-state index contributed by atoms with van der Waals surface area (Å²) in [5, 5.41) is 0. The minimum absolute atomic E-state index is 0.869. The second kappa shape index (κ2) is 42.1. The lowest BCUT2D eigenvalue weighted by atomic mass is 9.89. The summed E-state index contributed by atoms with van der Waals surface area (Å²) in [6, 6.07) is 0. The van der Waals surface area contributed by atoms with Gasteiger partial charge in [-0.05, 0) is 81.0 Å². The molecule has 0 bridgehead atoms. The van der Waals surface area contributed by atoms with E-state index in [1.165, 1.54) is 229 Å². The SMILES string of the molecule is C=C(C)CCCCCCCCC.C=C(CCCCCCCCC)CCC(C)CCCC(C)CCCC(C)CCCC(C)CCCC(C)CCCC(C)CC. The zero-order valence-electron chi connectivity index (χ0n) is 39.9. The van der Waals surface area contributed by atoms with E-state index in [9.17, 15) is 0 Å². The molecule has 0 heterocycles. The zero-order chi connectivity index (χ0) is 40.7. The van der Waals surface area contributed by atoms with Crippen molar-refractivity contribution in [2.75, 3.05) is 0 Å². The molecule has 0 nitrogen and oxygen atoms in total. The Kier molecular flexibility index (Phi) is 43.3. The highest BCUT2D eigenvalue weighted by atomic mass is 14.2. The van der Waals surface area contributed by atoms with Crippen LogP contribution in [-0.4, -0.2) is 0 Å². The normalized spacial score (nSPS) is 14.9. The Morgan fingerprint density at radius 2 is 0.593 bits per heavy atom. The third-order valence-electron chi connectivity index (χ3n) is 13.0. The van der Waals surface area contributed by atoms with Crippen LogP contribution >= 0.6 is 0 Å². The van der Waals surface area contributed by atoms with Gasteiger partial charge in [-0.1, -0.05) is 260 Å². The zero-order valence-corrected chi connectivity index (χ0v) is 39.9. The molecule has 0 N–H and O–H groups in total. The minimum Gasteiger partial charge on any atom is -0.100 e. The van der Waals surface area contributed by atoms with Crippen molar-refractivity contribution in [2.24, 2.45) is 35.5 Å². The molecule has 324 valence electrons. The Morgan fingerprint density at radius 1 is 0.315 bits per heavy atom. The molecule has 0 aromatic carbocycles. The van der Waals surface area contributed by atoms with Crippen LogP contribution < -0.4 is 0 Å². The van der Waals surface area contributed by atoms with Gasteiger partial charge >= 0.3 is 0 Å². The molecule has 6 atom stereocenters. The summed E-state index contributed by atoms with van der Waals surface area (Å²) in [7, 11) is 0. The second-order valence-corrected chi connectivity index (χ2v) is 19.7. The summed E-state index contributed by atoms with van der Waals surface area (Å²) in [6.07, 6.45) is 47.8. The average Bonchev–Trinajstić information content (AvgIpc) is 3.13. The van der Waals surface area contributed by atoms with Crippen molar-refractivity contribution in [3.8, 4) is 0 Å². The standard InChI is InChI=1S/C42H84.C12H24/c1-10-12-13-14-15-16-17-23-41(8)34-35-42(9)33-22-32-40(7)31-21-30-39(6)29-20-28-38(5)27-19-26-37(4)25-18-24-36(3)11-2;1-4-5-6-7-8-9-10-11-12(2)3/h36-40,42H,8,10-35H2,1-7,9H3;2,4-11H2,1,3H3. The van der Waals surface area contributed by atoms with Crippen LogP contribution in [0.4, 0.5) is 0 Å². The fourth-order valence-corrected chi connectivity index (χ4v) is 8.29. The van der Waals surface area contributed by atoms with Crippen molar-refractivity contribution in [1.82, 2.24) is 0 Å². The molecule has 0 saturated heterocycles. The molecule has 0 aromatic heterocycles. The molecule has 0 fully saturated rings. The van der Waals surface area contributed by atoms with Gasteiger partial charge in [0.1, 0.15) is 0 Å². The fraction of sp³-hybridized carbons (Fsp3) is 0.926. The molecule has 0 rings (SSSR count). The van der Waals surface area contributed by atoms with Crippen molar-refractivity contribution in [2.45, 2.75) is 288 Å². The Hall–Kier alpha value is -0.520. The van der Waals surface area contributed by atoms with E-state index in [0.717, 1.165) is 35.5 Å². The van der Waals surface area contributed by atoms with Gasteiger partial charge in [0.25, 0.3) is 0 Å². The molecule has 6 unspecified atom stereocenters. The van der Waals surface area contributed by atoms with Crippen LogP contribution in [0.2, 0.25) is 0 Å². The van der Waals surface area contributed by atoms with E-state index in [1.54, 1.807) is 0 Å². The predicted octanol–water partition coefficient (Wildman–Crippen LogP) is 20.2. The first-order chi connectivity index (χ1) is 25.9. The highest BCUT2D eigenvalue weighted by Crippen LogP contribution is 2.26. The third-order valence-corrected chi connectivity index (χ3v) is 13.0. The lowest BCUT2D eigenvalue weighted by Crippen LogP contribution is -2.03. The van der Waals surface area contributed by atoms with Gasteiger partial charge in [-0.3, -0.25) is 0 Å². The molecule has 0 spiro atoms. The minimum atomic E-state index is 0.869. The van der Waals surface area contributed by atoms with Gasteiger partial charge in [0.15, 0.2) is 0 Å². The fourth-order valence-electron chi connectivity index (χ4n) is 8.29. The van der Waals surface area contributed by atoms with Crippen LogP contribution in [0.25, 0.3) is 0 Å². The van der Waals surface area contributed by atoms with Crippen molar-refractivity contribution >= 4 is 0 Å². The van der Waals surface area contributed by atoms with E-state index in [4.69, 9.17) is 0 Å². The second-order valence-electron chi connectivity index (χ2n) is 19.7. The van der Waals surface area contributed by atoms with E-state index >= 15 is 0 Å². The van der Waals surface area contributed by atoms with Gasteiger partial charge in [0.2, 0.25) is 0 Å². The Morgan fingerprint density at radius 3 is 0.907 bits per heavy atom.